The smallest absolute Gasteiger partial charge is 0.294 e. The molecule has 1 aromatic carbocycles. The van der Waals surface area contributed by atoms with Crippen molar-refractivity contribution in [2.45, 2.75) is 51.6 Å². The monoisotopic (exact) mass is 350 g/mol. The predicted octanol–water partition coefficient (Wildman–Crippen LogP) is 6.01. The molecule has 1 aromatic rings. The van der Waals surface area contributed by atoms with Crippen LogP contribution in [-0.2, 0) is 6.18 Å². The van der Waals surface area contributed by atoms with Gasteiger partial charge in [-0.2, -0.15) is 13.2 Å². The maximum absolute atomic E-state index is 12.6. The number of hydrogen-bond donors (Lipinski definition) is 0. The maximum Gasteiger partial charge on any atom is 0.416 e. The lowest BCUT2D eigenvalue weighted by atomic mass is 10.0. The Labute approximate surface area is 125 Å². The number of Topliss-reactive ketones (excluding diaryl/α,β-unsaturated/α-hetero) is 1. The lowest BCUT2D eigenvalue weighted by molar-refractivity contribution is -0.137. The van der Waals surface area contributed by atoms with Crippen molar-refractivity contribution in [2.24, 2.45) is 0 Å². The van der Waals surface area contributed by atoms with E-state index in [1.165, 1.54) is 6.07 Å². The highest BCUT2D eigenvalue weighted by molar-refractivity contribution is 9.10. The van der Waals surface area contributed by atoms with Gasteiger partial charge in [0.2, 0.25) is 0 Å². The molecule has 0 aliphatic carbocycles. The molecule has 0 spiro atoms. The zero-order valence-corrected chi connectivity index (χ0v) is 13.0. The molecule has 0 N–H and O–H groups in total. The van der Waals surface area contributed by atoms with Crippen molar-refractivity contribution < 1.29 is 18.0 Å². The van der Waals surface area contributed by atoms with Crippen LogP contribution in [-0.4, -0.2) is 5.78 Å². The van der Waals surface area contributed by atoms with E-state index in [4.69, 9.17) is 0 Å². The van der Waals surface area contributed by atoms with Crippen molar-refractivity contribution in [1.29, 1.82) is 0 Å². The van der Waals surface area contributed by atoms with E-state index in [2.05, 4.69) is 22.9 Å². The molecule has 0 amide bonds. The second-order valence-electron chi connectivity index (χ2n) is 4.78. The van der Waals surface area contributed by atoms with Crippen molar-refractivity contribution in [3.63, 3.8) is 0 Å². The van der Waals surface area contributed by atoms with Crippen molar-refractivity contribution in [3.8, 4) is 0 Å². The Kier molecular flexibility index (Phi) is 6.72. The minimum absolute atomic E-state index is 0.121. The van der Waals surface area contributed by atoms with Gasteiger partial charge in [0.25, 0.3) is 0 Å². The topological polar surface area (TPSA) is 17.1 Å². The lowest BCUT2D eigenvalue weighted by Gasteiger charge is -2.10. The molecule has 0 heterocycles. The predicted molar refractivity (Wildman–Crippen MR) is 76.9 cm³/mol. The van der Waals surface area contributed by atoms with E-state index in [0.717, 1.165) is 44.2 Å². The lowest BCUT2D eigenvalue weighted by Crippen LogP contribution is -2.08. The molecule has 5 heteroatoms. The third-order valence-corrected chi connectivity index (χ3v) is 3.79. The largest absolute Gasteiger partial charge is 0.416 e. The van der Waals surface area contributed by atoms with E-state index in [0.29, 0.717) is 10.9 Å². The van der Waals surface area contributed by atoms with Crippen LogP contribution in [0.3, 0.4) is 0 Å². The van der Waals surface area contributed by atoms with Gasteiger partial charge in [-0.1, -0.05) is 48.5 Å². The molecule has 0 radical (unpaired) electrons. The molecule has 0 aromatic heterocycles. The molecule has 1 nitrogen and oxygen atoms in total. The van der Waals surface area contributed by atoms with Crippen LogP contribution in [0.5, 0.6) is 0 Å². The van der Waals surface area contributed by atoms with Gasteiger partial charge in [-0.25, -0.2) is 0 Å². The third kappa shape index (κ3) is 5.27. The Balaban J connectivity index is 2.67. The Morgan fingerprint density at radius 2 is 1.80 bits per heavy atom. The van der Waals surface area contributed by atoms with Crippen LogP contribution in [0.1, 0.15) is 61.4 Å². The number of hydrogen-bond acceptors (Lipinski definition) is 1. The van der Waals surface area contributed by atoms with Crippen molar-refractivity contribution in [1.82, 2.24) is 0 Å². The standard InChI is InChI=1S/C15H18BrF3O/c1-2-3-4-5-6-7-14(20)12-10-11(15(17,18)19)8-9-13(12)16/h8-10H,2-7H2,1H3. The molecule has 0 unspecified atom stereocenters. The third-order valence-electron chi connectivity index (χ3n) is 3.10. The number of carbonyl (C=O) groups excluding carboxylic acids is 1. The van der Waals surface area contributed by atoms with Gasteiger partial charge >= 0.3 is 6.18 Å². The molecule has 20 heavy (non-hydrogen) atoms. The summed E-state index contributed by atoms with van der Waals surface area (Å²) in [5, 5.41) is 0. The number of carbonyl (C=O) groups is 1. The van der Waals surface area contributed by atoms with Crippen LogP contribution in [0.25, 0.3) is 0 Å². The van der Waals surface area contributed by atoms with Gasteiger partial charge in [0.05, 0.1) is 5.56 Å². The zero-order valence-electron chi connectivity index (χ0n) is 11.4. The second-order valence-corrected chi connectivity index (χ2v) is 5.63. The molecule has 0 bridgehead atoms. The summed E-state index contributed by atoms with van der Waals surface area (Å²) in [5.41, 5.74) is -0.662. The first kappa shape index (κ1) is 17.2. The van der Waals surface area contributed by atoms with E-state index in [9.17, 15) is 18.0 Å². The Bertz CT molecular complexity index is 455. The number of unbranched alkanes of at least 4 members (excludes halogenated alkanes) is 4. The zero-order chi connectivity index (χ0) is 15.2. The SMILES string of the molecule is CCCCCCCC(=O)c1cc(C(F)(F)F)ccc1Br. The van der Waals surface area contributed by atoms with Gasteiger partial charge in [-0.15, -0.1) is 0 Å². The summed E-state index contributed by atoms with van der Waals surface area (Å²) in [5.74, 6) is -0.237. The minimum Gasteiger partial charge on any atom is -0.294 e. The highest BCUT2D eigenvalue weighted by atomic mass is 79.9. The molecule has 0 aliphatic rings. The fourth-order valence-electron chi connectivity index (χ4n) is 1.94. The minimum atomic E-state index is -4.42. The first-order chi connectivity index (χ1) is 9.36. The fourth-order valence-corrected chi connectivity index (χ4v) is 2.41. The van der Waals surface area contributed by atoms with Crippen LogP contribution in [0, 0.1) is 0 Å². The van der Waals surface area contributed by atoms with Crippen molar-refractivity contribution in [2.75, 3.05) is 0 Å². The van der Waals surface area contributed by atoms with Crippen LogP contribution in [0.2, 0.25) is 0 Å². The normalized spacial score (nSPS) is 11.7. The summed E-state index contributed by atoms with van der Waals surface area (Å²) in [6.45, 7) is 2.10. The fraction of sp³-hybridized carbons (Fsp3) is 0.533. The summed E-state index contributed by atoms with van der Waals surface area (Å²) in [6, 6.07) is 3.19. The summed E-state index contributed by atoms with van der Waals surface area (Å²) in [6.07, 6.45) is 0.847. The number of benzene rings is 1. The average Bonchev–Trinajstić information content (AvgIpc) is 2.37. The average molecular weight is 351 g/mol. The number of alkyl halides is 3. The summed E-state index contributed by atoms with van der Waals surface area (Å²) in [7, 11) is 0. The molecular weight excluding hydrogens is 333 g/mol. The molecular formula is C15H18BrF3O. The van der Waals surface area contributed by atoms with Crippen LogP contribution in [0.4, 0.5) is 13.2 Å². The van der Waals surface area contributed by atoms with E-state index in [1.54, 1.807) is 0 Å². The van der Waals surface area contributed by atoms with E-state index < -0.39 is 11.7 Å². The van der Waals surface area contributed by atoms with Crippen molar-refractivity contribution >= 4 is 21.7 Å². The van der Waals surface area contributed by atoms with Gasteiger partial charge in [-0.05, 0) is 24.6 Å². The summed E-state index contributed by atoms with van der Waals surface area (Å²) >= 11 is 3.14. The highest BCUT2D eigenvalue weighted by Crippen LogP contribution is 2.32. The molecule has 112 valence electrons. The van der Waals surface area contributed by atoms with Gasteiger partial charge in [0, 0.05) is 16.5 Å². The maximum atomic E-state index is 12.6. The second kappa shape index (κ2) is 7.81. The van der Waals surface area contributed by atoms with E-state index >= 15 is 0 Å². The number of ketones is 1. The molecule has 0 fully saturated rings. The van der Waals surface area contributed by atoms with Gasteiger partial charge in [0.15, 0.2) is 5.78 Å². The van der Waals surface area contributed by atoms with Crippen molar-refractivity contribution in [3.05, 3.63) is 33.8 Å². The summed E-state index contributed by atoms with van der Waals surface area (Å²) < 4.78 is 38.3. The van der Waals surface area contributed by atoms with Crippen LogP contribution >= 0.6 is 15.9 Å². The van der Waals surface area contributed by atoms with Gasteiger partial charge < -0.3 is 0 Å². The van der Waals surface area contributed by atoms with Gasteiger partial charge in [-0.3, -0.25) is 4.79 Å². The van der Waals surface area contributed by atoms with Gasteiger partial charge in [0.1, 0.15) is 0 Å². The quantitative estimate of drug-likeness (QED) is 0.434. The van der Waals surface area contributed by atoms with Crippen LogP contribution < -0.4 is 0 Å². The Hall–Kier alpha value is -0.840. The highest BCUT2D eigenvalue weighted by Gasteiger charge is 2.31. The van der Waals surface area contributed by atoms with Crippen LogP contribution in [0.15, 0.2) is 22.7 Å². The first-order valence-corrected chi connectivity index (χ1v) is 7.55. The number of halogens is 4. The number of rotatable bonds is 7. The molecule has 1 rings (SSSR count). The molecule has 0 aliphatic heterocycles. The van der Waals surface area contributed by atoms with E-state index in [-0.39, 0.29) is 11.3 Å². The molecule has 0 atom stereocenters. The first-order valence-electron chi connectivity index (χ1n) is 6.76. The summed E-state index contributed by atoms with van der Waals surface area (Å²) in [4.78, 5) is 12.0. The van der Waals surface area contributed by atoms with E-state index in [1.807, 2.05) is 0 Å². The molecule has 0 saturated carbocycles. The Morgan fingerprint density at radius 1 is 1.15 bits per heavy atom. The Morgan fingerprint density at radius 3 is 2.40 bits per heavy atom. The molecule has 0 saturated heterocycles.